The molecule has 2 aromatic heterocycles. The summed E-state index contributed by atoms with van der Waals surface area (Å²) in [5.41, 5.74) is 0. The molecule has 0 atom stereocenters. The molecule has 5 nitrogen and oxygen atoms in total. The molecule has 0 saturated heterocycles. The monoisotopic (exact) mass is 447 g/mol. The van der Waals surface area contributed by atoms with Gasteiger partial charge in [-0.05, 0) is 51.8 Å². The number of rotatable bonds is 3. The van der Waals surface area contributed by atoms with Crippen LogP contribution in [0.5, 0.6) is 0 Å². The van der Waals surface area contributed by atoms with Crippen molar-refractivity contribution < 1.29 is 8.42 Å². The number of aromatic nitrogens is 3. The summed E-state index contributed by atoms with van der Waals surface area (Å²) in [6, 6.07) is 1.72. The molecule has 19 heavy (non-hydrogen) atoms. The molecule has 0 fully saturated rings. The van der Waals surface area contributed by atoms with Gasteiger partial charge in [-0.2, -0.15) is 0 Å². The van der Waals surface area contributed by atoms with Gasteiger partial charge in [-0.3, -0.25) is 4.57 Å². The van der Waals surface area contributed by atoms with Crippen molar-refractivity contribution in [1.82, 2.24) is 14.8 Å². The van der Waals surface area contributed by atoms with Crippen molar-refractivity contribution in [2.24, 2.45) is 0 Å². The predicted molar refractivity (Wildman–Crippen MR) is 82.2 cm³/mol. The standard InChI is InChI=1S/C9H8Br2ClN3O2S2/c1-4(2)15-8(6-3-5(10)7(11)18-6)13-14-9(15)19(12,16)17/h3-4H,1-2H3. The van der Waals surface area contributed by atoms with Crippen LogP contribution in [0.25, 0.3) is 10.7 Å². The van der Waals surface area contributed by atoms with Gasteiger partial charge in [0.05, 0.1) is 8.66 Å². The van der Waals surface area contributed by atoms with Gasteiger partial charge in [0, 0.05) is 21.2 Å². The number of hydrogen-bond acceptors (Lipinski definition) is 5. The molecule has 0 unspecified atom stereocenters. The van der Waals surface area contributed by atoms with Crippen molar-refractivity contribution in [3.8, 4) is 10.7 Å². The lowest BCUT2D eigenvalue weighted by atomic mass is 10.3. The third-order valence-electron chi connectivity index (χ3n) is 2.26. The maximum Gasteiger partial charge on any atom is 0.296 e. The topological polar surface area (TPSA) is 64.8 Å². The van der Waals surface area contributed by atoms with Crippen LogP contribution in [0.1, 0.15) is 19.9 Å². The molecule has 0 aliphatic carbocycles. The highest BCUT2D eigenvalue weighted by Gasteiger charge is 2.26. The van der Waals surface area contributed by atoms with Crippen LogP contribution in [0.3, 0.4) is 0 Å². The minimum atomic E-state index is -3.93. The van der Waals surface area contributed by atoms with E-state index >= 15 is 0 Å². The van der Waals surface area contributed by atoms with Gasteiger partial charge in [0.1, 0.15) is 0 Å². The van der Waals surface area contributed by atoms with Gasteiger partial charge >= 0.3 is 0 Å². The van der Waals surface area contributed by atoms with Crippen LogP contribution in [0, 0.1) is 0 Å². The Morgan fingerprint density at radius 1 is 1.37 bits per heavy atom. The van der Waals surface area contributed by atoms with E-state index in [1.54, 1.807) is 0 Å². The molecule has 0 saturated carbocycles. The summed E-state index contributed by atoms with van der Waals surface area (Å²) in [7, 11) is 1.45. The summed E-state index contributed by atoms with van der Waals surface area (Å²) in [6.07, 6.45) is 0. The summed E-state index contributed by atoms with van der Waals surface area (Å²) in [4.78, 5) is 0.798. The summed E-state index contributed by atoms with van der Waals surface area (Å²) < 4.78 is 26.3. The molecule has 2 heterocycles. The van der Waals surface area contributed by atoms with Crippen LogP contribution >= 0.6 is 53.9 Å². The van der Waals surface area contributed by atoms with E-state index in [0.29, 0.717) is 5.82 Å². The first-order valence-corrected chi connectivity index (χ1v) is 9.77. The molecule has 0 aliphatic rings. The van der Waals surface area contributed by atoms with Crippen LogP contribution in [0.15, 0.2) is 19.5 Å². The number of nitrogens with zero attached hydrogens (tertiary/aromatic N) is 3. The lowest BCUT2D eigenvalue weighted by Crippen LogP contribution is -2.09. The largest absolute Gasteiger partial charge is 0.296 e. The second kappa shape index (κ2) is 5.44. The van der Waals surface area contributed by atoms with Crippen LogP contribution in [-0.2, 0) is 9.05 Å². The molecular weight excluding hydrogens is 442 g/mol. The van der Waals surface area contributed by atoms with Crippen molar-refractivity contribution in [3.05, 3.63) is 14.3 Å². The minimum absolute atomic E-state index is 0.131. The van der Waals surface area contributed by atoms with E-state index in [1.165, 1.54) is 15.9 Å². The third-order valence-corrected chi connectivity index (χ3v) is 6.65. The Balaban J connectivity index is 2.69. The zero-order valence-electron chi connectivity index (χ0n) is 9.76. The quantitative estimate of drug-likeness (QED) is 0.664. The summed E-state index contributed by atoms with van der Waals surface area (Å²) >= 11 is 8.21. The number of hydrogen-bond donors (Lipinski definition) is 0. The molecule has 0 aliphatic heterocycles. The highest BCUT2D eigenvalue weighted by molar-refractivity contribution is 9.13. The van der Waals surface area contributed by atoms with Gasteiger partial charge in [-0.15, -0.1) is 21.5 Å². The van der Waals surface area contributed by atoms with E-state index in [0.717, 1.165) is 13.1 Å². The van der Waals surface area contributed by atoms with Crippen molar-refractivity contribution >= 4 is 62.9 Å². The van der Waals surface area contributed by atoms with Crippen molar-refractivity contribution in [2.45, 2.75) is 25.0 Å². The van der Waals surface area contributed by atoms with E-state index in [1.807, 2.05) is 19.9 Å². The van der Waals surface area contributed by atoms with Crippen LogP contribution < -0.4 is 0 Å². The molecule has 0 N–H and O–H groups in total. The summed E-state index contributed by atoms with van der Waals surface area (Å²) in [5.74, 6) is 0.477. The highest BCUT2D eigenvalue weighted by atomic mass is 79.9. The molecule has 0 spiro atoms. The first-order valence-electron chi connectivity index (χ1n) is 5.06. The zero-order chi connectivity index (χ0) is 14.4. The SMILES string of the molecule is CC(C)n1c(-c2cc(Br)c(Br)s2)nnc1S(=O)(=O)Cl. The molecule has 0 aromatic carbocycles. The Labute approximate surface area is 135 Å². The zero-order valence-corrected chi connectivity index (χ0v) is 15.3. The fourth-order valence-corrected chi connectivity index (χ4v) is 4.54. The van der Waals surface area contributed by atoms with Gasteiger partial charge in [0.2, 0.25) is 0 Å². The van der Waals surface area contributed by atoms with E-state index < -0.39 is 9.05 Å². The third kappa shape index (κ3) is 3.05. The number of halogens is 3. The van der Waals surface area contributed by atoms with Crippen LogP contribution in [-0.4, -0.2) is 23.2 Å². The van der Waals surface area contributed by atoms with Crippen molar-refractivity contribution in [2.75, 3.05) is 0 Å². The Kier molecular flexibility index (Phi) is 4.41. The van der Waals surface area contributed by atoms with E-state index in [2.05, 4.69) is 42.1 Å². The fraction of sp³-hybridized carbons (Fsp3) is 0.333. The minimum Gasteiger partial charge on any atom is -0.294 e. The Bertz CT molecular complexity index is 704. The fourth-order valence-electron chi connectivity index (χ4n) is 1.53. The Morgan fingerprint density at radius 3 is 2.42 bits per heavy atom. The van der Waals surface area contributed by atoms with E-state index in [9.17, 15) is 8.42 Å². The van der Waals surface area contributed by atoms with Gasteiger partial charge in [-0.1, -0.05) is 0 Å². The average Bonchev–Trinajstić information content (AvgIpc) is 2.82. The van der Waals surface area contributed by atoms with Crippen LogP contribution in [0.4, 0.5) is 0 Å². The predicted octanol–water partition coefficient (Wildman–Crippen LogP) is 4.04. The molecule has 0 bridgehead atoms. The lowest BCUT2D eigenvalue weighted by molar-refractivity contribution is 0.531. The summed E-state index contributed by atoms with van der Waals surface area (Å²) in [6.45, 7) is 3.69. The molecule has 104 valence electrons. The van der Waals surface area contributed by atoms with Gasteiger partial charge in [0.15, 0.2) is 5.82 Å². The first kappa shape index (κ1) is 15.4. The second-order valence-corrected chi connectivity index (χ2v) is 9.62. The van der Waals surface area contributed by atoms with E-state index in [-0.39, 0.29) is 11.2 Å². The highest BCUT2D eigenvalue weighted by Crippen LogP contribution is 2.38. The normalized spacial score (nSPS) is 12.3. The molecule has 10 heteroatoms. The molecular formula is C9H8Br2ClN3O2S2. The Morgan fingerprint density at radius 2 is 2.00 bits per heavy atom. The van der Waals surface area contributed by atoms with Gasteiger partial charge in [0.25, 0.3) is 14.2 Å². The van der Waals surface area contributed by atoms with Crippen molar-refractivity contribution in [3.63, 3.8) is 0 Å². The average molecular weight is 450 g/mol. The van der Waals surface area contributed by atoms with Crippen LogP contribution in [0.2, 0.25) is 0 Å². The summed E-state index contributed by atoms with van der Waals surface area (Å²) in [5, 5.41) is 7.40. The van der Waals surface area contributed by atoms with E-state index in [4.69, 9.17) is 10.7 Å². The Hall–Kier alpha value is 0.0400. The molecule has 2 rings (SSSR count). The number of thiophene rings is 1. The van der Waals surface area contributed by atoms with Crippen molar-refractivity contribution in [1.29, 1.82) is 0 Å². The molecule has 2 aromatic rings. The maximum atomic E-state index is 11.5. The smallest absolute Gasteiger partial charge is 0.294 e. The van der Waals surface area contributed by atoms with Gasteiger partial charge in [-0.25, -0.2) is 8.42 Å². The first-order chi connectivity index (χ1) is 8.71. The molecule has 0 radical (unpaired) electrons. The van der Waals surface area contributed by atoms with Gasteiger partial charge < -0.3 is 0 Å². The maximum absolute atomic E-state index is 11.5. The lowest BCUT2D eigenvalue weighted by Gasteiger charge is -2.11. The second-order valence-electron chi connectivity index (χ2n) is 3.94. The molecule has 0 amide bonds.